The molecule has 1 atom stereocenters. The molecule has 0 aliphatic rings. The summed E-state index contributed by atoms with van der Waals surface area (Å²) in [6.07, 6.45) is 1.25. The van der Waals surface area contributed by atoms with Gasteiger partial charge in [0, 0.05) is 0 Å². The number of aliphatic hydroxyl groups excluding tert-OH is 1. The molecule has 1 unspecified atom stereocenters. The maximum absolute atomic E-state index is 12.7. The first kappa shape index (κ1) is 24.0. The molecule has 2 aromatic carbocycles. The second-order valence-corrected chi connectivity index (χ2v) is 8.85. The lowest BCUT2D eigenvalue weighted by Crippen LogP contribution is -2.19. The van der Waals surface area contributed by atoms with Crippen LogP contribution in [0.5, 0.6) is 17.5 Å². The first-order valence-electron chi connectivity index (χ1n) is 9.23. The first-order valence-corrected chi connectivity index (χ1v) is 11.5. The molecule has 1 heterocycles. The number of ether oxygens (including phenoxy) is 2. The molecule has 32 heavy (non-hydrogen) atoms. The summed E-state index contributed by atoms with van der Waals surface area (Å²) in [5.74, 6) is 0.310. The molecule has 3 rings (SSSR count). The van der Waals surface area contributed by atoms with E-state index in [0.717, 1.165) is 5.56 Å². The number of anilines is 1. The number of hydrogen-bond acceptors (Lipinski definition) is 8. The van der Waals surface area contributed by atoms with Gasteiger partial charge in [-0.25, -0.2) is 13.4 Å². The Kier molecular flexibility index (Phi) is 7.75. The Labute approximate surface area is 195 Å². The third kappa shape index (κ3) is 5.40. The minimum absolute atomic E-state index is 0.0445. The van der Waals surface area contributed by atoms with Crippen molar-refractivity contribution >= 4 is 39.0 Å². The average Bonchev–Trinajstić information content (AvgIpc) is 2.78. The number of sulfonamides is 1. The quantitative estimate of drug-likeness (QED) is 0.408. The predicted molar refractivity (Wildman–Crippen MR) is 121 cm³/mol. The Balaban J connectivity index is 1.81. The van der Waals surface area contributed by atoms with E-state index in [2.05, 4.69) is 20.0 Å². The summed E-state index contributed by atoms with van der Waals surface area (Å²) in [7, 11) is -1.03. The van der Waals surface area contributed by atoms with Crippen molar-refractivity contribution in [2.75, 3.05) is 25.5 Å². The lowest BCUT2D eigenvalue weighted by molar-refractivity contribution is 0.251. The van der Waals surface area contributed by atoms with Gasteiger partial charge in [-0.2, -0.15) is 4.98 Å². The molecular weight excluding hydrogens is 479 g/mol. The molecule has 0 saturated carbocycles. The van der Waals surface area contributed by atoms with Gasteiger partial charge in [0.05, 0.1) is 36.0 Å². The van der Waals surface area contributed by atoms with Gasteiger partial charge in [0.15, 0.2) is 0 Å². The minimum Gasteiger partial charge on any atom is -0.478 e. The summed E-state index contributed by atoms with van der Waals surface area (Å²) >= 11 is 11.9. The highest BCUT2D eigenvalue weighted by molar-refractivity contribution is 7.92. The van der Waals surface area contributed by atoms with Crippen LogP contribution in [0.15, 0.2) is 53.6 Å². The van der Waals surface area contributed by atoms with Crippen LogP contribution in [0.4, 0.5) is 5.82 Å². The highest BCUT2D eigenvalue weighted by Gasteiger charge is 2.23. The van der Waals surface area contributed by atoms with Gasteiger partial charge in [0.2, 0.25) is 11.7 Å². The van der Waals surface area contributed by atoms with Crippen molar-refractivity contribution in [1.82, 2.24) is 15.3 Å². The molecule has 0 amide bonds. The van der Waals surface area contributed by atoms with Crippen molar-refractivity contribution in [3.8, 4) is 17.5 Å². The Hall–Kier alpha value is -2.63. The summed E-state index contributed by atoms with van der Waals surface area (Å²) in [6.45, 7) is -0.0445. The predicted octanol–water partition coefficient (Wildman–Crippen LogP) is 3.64. The molecule has 3 N–H and O–H groups in total. The summed E-state index contributed by atoms with van der Waals surface area (Å²) in [5, 5.41) is 12.3. The van der Waals surface area contributed by atoms with Gasteiger partial charge in [-0.15, -0.1) is 0 Å². The van der Waals surface area contributed by atoms with Crippen LogP contribution in [-0.2, 0) is 10.0 Å². The monoisotopic (exact) mass is 498 g/mol. The van der Waals surface area contributed by atoms with Crippen LogP contribution >= 0.6 is 23.2 Å². The standard InChI is InChI=1S/C20H20Cl2N4O5S/c1-23-15(11-27)12-6-8-13(9-7-12)31-17-10-24-19(20(25-17)30-2)26-32(28,29)16-5-3-4-14(21)18(16)22/h3-10,15,23,27H,11H2,1-2H3,(H,24,26). The van der Waals surface area contributed by atoms with E-state index in [9.17, 15) is 13.5 Å². The summed E-state index contributed by atoms with van der Waals surface area (Å²) in [5.41, 5.74) is 0.885. The van der Waals surface area contributed by atoms with Crippen molar-refractivity contribution in [3.05, 3.63) is 64.3 Å². The van der Waals surface area contributed by atoms with Gasteiger partial charge < -0.3 is 19.9 Å². The number of aliphatic hydroxyl groups is 1. The molecule has 170 valence electrons. The first-order chi connectivity index (χ1) is 15.3. The largest absolute Gasteiger partial charge is 0.478 e. The van der Waals surface area contributed by atoms with E-state index in [1.165, 1.54) is 31.5 Å². The molecular formula is C20H20Cl2N4O5S. The van der Waals surface area contributed by atoms with Crippen molar-refractivity contribution in [3.63, 3.8) is 0 Å². The maximum Gasteiger partial charge on any atom is 0.264 e. The van der Waals surface area contributed by atoms with Crippen LogP contribution in [0.3, 0.4) is 0 Å². The fraction of sp³-hybridized carbons (Fsp3) is 0.200. The van der Waals surface area contributed by atoms with E-state index in [-0.39, 0.29) is 45.2 Å². The van der Waals surface area contributed by atoms with Gasteiger partial charge in [0.25, 0.3) is 15.9 Å². The van der Waals surface area contributed by atoms with E-state index in [0.29, 0.717) is 5.75 Å². The normalized spacial score (nSPS) is 12.3. The second kappa shape index (κ2) is 10.3. The van der Waals surface area contributed by atoms with E-state index in [1.807, 2.05) is 0 Å². The van der Waals surface area contributed by atoms with Crippen LogP contribution in [0, 0.1) is 0 Å². The number of nitrogens with zero attached hydrogens (tertiary/aromatic N) is 2. The van der Waals surface area contributed by atoms with Gasteiger partial charge >= 0.3 is 0 Å². The number of halogens is 2. The van der Waals surface area contributed by atoms with Crippen molar-refractivity contribution in [1.29, 1.82) is 0 Å². The molecule has 0 spiro atoms. The SMILES string of the molecule is CNC(CO)c1ccc(Oc2cnc(NS(=O)(=O)c3cccc(Cl)c3Cl)c(OC)n2)cc1. The van der Waals surface area contributed by atoms with Gasteiger partial charge in [-0.05, 0) is 36.9 Å². The van der Waals surface area contributed by atoms with E-state index >= 15 is 0 Å². The number of methoxy groups -OCH3 is 1. The van der Waals surface area contributed by atoms with Crippen LogP contribution in [0.25, 0.3) is 0 Å². The van der Waals surface area contributed by atoms with Crippen LogP contribution in [0.2, 0.25) is 10.0 Å². The number of nitrogens with one attached hydrogen (secondary N) is 2. The zero-order valence-electron chi connectivity index (χ0n) is 17.0. The Morgan fingerprint density at radius 3 is 2.50 bits per heavy atom. The lowest BCUT2D eigenvalue weighted by atomic mass is 10.1. The number of rotatable bonds is 9. The highest BCUT2D eigenvalue weighted by Crippen LogP contribution is 2.32. The summed E-state index contributed by atoms with van der Waals surface area (Å²) in [4.78, 5) is 8.00. The number of benzene rings is 2. The number of likely N-dealkylation sites (N-methyl/N-ethyl adjacent to an activating group) is 1. The van der Waals surface area contributed by atoms with Gasteiger partial charge in [-0.1, -0.05) is 41.4 Å². The van der Waals surface area contributed by atoms with Crippen LogP contribution in [-0.4, -0.2) is 44.3 Å². The molecule has 3 aromatic rings. The number of aromatic nitrogens is 2. The van der Waals surface area contributed by atoms with E-state index in [1.54, 1.807) is 31.3 Å². The smallest absolute Gasteiger partial charge is 0.264 e. The van der Waals surface area contributed by atoms with Gasteiger partial charge in [0.1, 0.15) is 10.6 Å². The zero-order valence-corrected chi connectivity index (χ0v) is 19.4. The van der Waals surface area contributed by atoms with Crippen molar-refractivity contribution in [2.24, 2.45) is 0 Å². The van der Waals surface area contributed by atoms with Crippen LogP contribution in [0.1, 0.15) is 11.6 Å². The fourth-order valence-electron chi connectivity index (χ4n) is 2.74. The third-order valence-corrected chi connectivity index (χ3v) is 6.70. The Bertz CT molecular complexity index is 1190. The molecule has 1 aromatic heterocycles. The maximum atomic E-state index is 12.7. The van der Waals surface area contributed by atoms with Crippen molar-refractivity contribution in [2.45, 2.75) is 10.9 Å². The summed E-state index contributed by atoms with van der Waals surface area (Å²) in [6, 6.07) is 11.1. The molecule has 0 radical (unpaired) electrons. The molecule has 0 fully saturated rings. The van der Waals surface area contributed by atoms with Crippen LogP contribution < -0.4 is 19.5 Å². The molecule has 9 nitrogen and oxygen atoms in total. The highest BCUT2D eigenvalue weighted by atomic mass is 35.5. The van der Waals surface area contributed by atoms with E-state index in [4.69, 9.17) is 32.7 Å². The van der Waals surface area contributed by atoms with Gasteiger partial charge in [-0.3, -0.25) is 4.72 Å². The Morgan fingerprint density at radius 2 is 1.88 bits per heavy atom. The Morgan fingerprint density at radius 1 is 1.16 bits per heavy atom. The van der Waals surface area contributed by atoms with E-state index < -0.39 is 10.0 Å². The molecule has 0 saturated heterocycles. The average molecular weight is 499 g/mol. The third-order valence-electron chi connectivity index (χ3n) is 4.38. The minimum atomic E-state index is -4.10. The molecule has 0 aliphatic carbocycles. The zero-order chi connectivity index (χ0) is 23.3. The second-order valence-electron chi connectivity index (χ2n) is 6.42. The van der Waals surface area contributed by atoms with Crippen molar-refractivity contribution < 1.29 is 23.0 Å². The molecule has 0 bridgehead atoms. The fourth-order valence-corrected chi connectivity index (χ4v) is 4.51. The topological polar surface area (TPSA) is 123 Å². The summed E-state index contributed by atoms with van der Waals surface area (Å²) < 4.78 is 38.6. The lowest BCUT2D eigenvalue weighted by Gasteiger charge is -2.14. The molecule has 12 heteroatoms. The number of hydrogen-bond donors (Lipinski definition) is 3. The molecule has 0 aliphatic heterocycles.